The molecule has 1 aromatic carbocycles. The molecule has 0 bridgehead atoms. The third-order valence-electron chi connectivity index (χ3n) is 2.69. The molecule has 0 aliphatic carbocycles. The SMILES string of the molecule is CCC(NS(=O)(=O)c1ccc(C)c([N+](=O)[O-])c1)C(=O)O. The van der Waals surface area contributed by atoms with Gasteiger partial charge in [-0.3, -0.25) is 14.9 Å². The Labute approximate surface area is 115 Å². The van der Waals surface area contributed by atoms with Crippen LogP contribution < -0.4 is 4.72 Å². The summed E-state index contributed by atoms with van der Waals surface area (Å²) in [6, 6.07) is 2.13. The van der Waals surface area contributed by atoms with Gasteiger partial charge in [0, 0.05) is 11.6 Å². The summed E-state index contributed by atoms with van der Waals surface area (Å²) in [5.41, 5.74) is -0.0181. The molecule has 0 spiro atoms. The minimum absolute atomic E-state index is 0.0581. The molecule has 1 rings (SSSR count). The van der Waals surface area contributed by atoms with E-state index in [-0.39, 0.29) is 17.0 Å². The van der Waals surface area contributed by atoms with E-state index in [0.717, 1.165) is 6.07 Å². The number of nitrogens with one attached hydrogen (secondary N) is 1. The molecule has 9 heteroatoms. The second kappa shape index (κ2) is 5.97. The predicted octanol–water partition coefficient (Wildman–Crippen LogP) is 1.04. The highest BCUT2D eigenvalue weighted by Gasteiger charge is 2.25. The van der Waals surface area contributed by atoms with Crippen molar-refractivity contribution in [2.45, 2.75) is 31.2 Å². The van der Waals surface area contributed by atoms with Gasteiger partial charge in [-0.15, -0.1) is 0 Å². The fourth-order valence-electron chi connectivity index (χ4n) is 1.52. The minimum Gasteiger partial charge on any atom is -0.480 e. The Bertz CT molecular complexity index is 640. The number of sulfonamides is 1. The van der Waals surface area contributed by atoms with Gasteiger partial charge in [-0.25, -0.2) is 8.42 Å². The molecule has 0 saturated heterocycles. The van der Waals surface area contributed by atoms with E-state index in [1.807, 2.05) is 4.72 Å². The minimum atomic E-state index is -4.12. The highest BCUT2D eigenvalue weighted by molar-refractivity contribution is 7.89. The van der Waals surface area contributed by atoms with Gasteiger partial charge in [-0.05, 0) is 19.4 Å². The standard InChI is InChI=1S/C11H14N2O6S/c1-3-9(11(14)15)12-20(18,19)8-5-4-7(2)10(6-8)13(16)17/h4-6,9,12H,3H2,1-2H3,(H,14,15). The Balaban J connectivity index is 3.19. The Morgan fingerprint density at radius 3 is 2.55 bits per heavy atom. The zero-order chi connectivity index (χ0) is 15.5. The van der Waals surface area contributed by atoms with Crippen molar-refractivity contribution in [2.24, 2.45) is 0 Å². The quantitative estimate of drug-likeness (QED) is 0.597. The molecule has 20 heavy (non-hydrogen) atoms. The van der Waals surface area contributed by atoms with Crippen LogP contribution in [0.25, 0.3) is 0 Å². The molecule has 1 unspecified atom stereocenters. The van der Waals surface area contributed by atoms with Gasteiger partial charge >= 0.3 is 5.97 Å². The monoisotopic (exact) mass is 302 g/mol. The summed E-state index contributed by atoms with van der Waals surface area (Å²) in [6.07, 6.45) is 0.0581. The molecule has 110 valence electrons. The lowest BCUT2D eigenvalue weighted by Crippen LogP contribution is -2.40. The number of carboxylic acid groups (broad SMARTS) is 1. The first-order valence-corrected chi connectivity index (χ1v) is 7.17. The molecule has 0 aromatic heterocycles. The van der Waals surface area contributed by atoms with Gasteiger partial charge in [0.15, 0.2) is 0 Å². The van der Waals surface area contributed by atoms with E-state index in [1.165, 1.54) is 26.0 Å². The normalized spacial score (nSPS) is 12.9. The lowest BCUT2D eigenvalue weighted by atomic mass is 10.2. The molecule has 8 nitrogen and oxygen atoms in total. The number of rotatable bonds is 6. The predicted molar refractivity (Wildman–Crippen MR) is 69.9 cm³/mol. The van der Waals surface area contributed by atoms with E-state index in [9.17, 15) is 23.3 Å². The maximum atomic E-state index is 12.0. The van der Waals surface area contributed by atoms with Crippen LogP contribution >= 0.6 is 0 Å². The zero-order valence-corrected chi connectivity index (χ0v) is 11.7. The first kappa shape index (κ1) is 16.1. The second-order valence-electron chi connectivity index (χ2n) is 4.13. The van der Waals surface area contributed by atoms with Gasteiger partial charge in [0.2, 0.25) is 10.0 Å². The number of carboxylic acids is 1. The fourth-order valence-corrected chi connectivity index (χ4v) is 2.81. The molecule has 1 atom stereocenters. The van der Waals surface area contributed by atoms with Crippen molar-refractivity contribution < 1.29 is 23.2 Å². The van der Waals surface area contributed by atoms with Crippen LogP contribution in [0, 0.1) is 17.0 Å². The number of aliphatic carboxylic acids is 1. The Morgan fingerprint density at radius 2 is 2.10 bits per heavy atom. The summed E-state index contributed by atoms with van der Waals surface area (Å²) in [5, 5.41) is 19.6. The van der Waals surface area contributed by atoms with E-state index in [1.54, 1.807) is 0 Å². The van der Waals surface area contributed by atoms with Gasteiger partial charge < -0.3 is 5.11 Å². The number of aryl methyl sites for hydroxylation is 1. The van der Waals surface area contributed by atoms with Crippen LogP contribution in [0.4, 0.5) is 5.69 Å². The number of nitrogens with zero attached hydrogens (tertiary/aromatic N) is 1. The van der Waals surface area contributed by atoms with Crippen molar-refractivity contribution in [1.29, 1.82) is 0 Å². The summed E-state index contributed by atoms with van der Waals surface area (Å²) in [5.74, 6) is -1.31. The van der Waals surface area contributed by atoms with E-state index >= 15 is 0 Å². The van der Waals surface area contributed by atoms with Crippen molar-refractivity contribution in [3.8, 4) is 0 Å². The molecule has 0 aliphatic heterocycles. The topological polar surface area (TPSA) is 127 Å². The zero-order valence-electron chi connectivity index (χ0n) is 10.9. The number of nitro groups is 1. The van der Waals surface area contributed by atoms with Crippen molar-refractivity contribution in [3.63, 3.8) is 0 Å². The van der Waals surface area contributed by atoms with Crippen LogP contribution in [0.5, 0.6) is 0 Å². The molecular formula is C11H14N2O6S. The molecule has 0 radical (unpaired) electrons. The summed E-state index contributed by atoms with van der Waals surface area (Å²) in [7, 11) is -4.12. The Morgan fingerprint density at radius 1 is 1.50 bits per heavy atom. The lowest BCUT2D eigenvalue weighted by molar-refractivity contribution is -0.385. The van der Waals surface area contributed by atoms with Gasteiger partial charge in [0.05, 0.1) is 9.82 Å². The van der Waals surface area contributed by atoms with E-state index in [0.29, 0.717) is 5.56 Å². The molecule has 0 amide bonds. The van der Waals surface area contributed by atoms with Crippen molar-refractivity contribution in [1.82, 2.24) is 4.72 Å². The maximum absolute atomic E-state index is 12.0. The number of carbonyl (C=O) groups is 1. The lowest BCUT2D eigenvalue weighted by Gasteiger charge is -2.12. The van der Waals surface area contributed by atoms with E-state index in [2.05, 4.69) is 0 Å². The maximum Gasteiger partial charge on any atom is 0.321 e. The van der Waals surface area contributed by atoms with Crippen molar-refractivity contribution in [3.05, 3.63) is 33.9 Å². The number of hydrogen-bond acceptors (Lipinski definition) is 5. The van der Waals surface area contributed by atoms with Crippen molar-refractivity contribution in [2.75, 3.05) is 0 Å². The summed E-state index contributed by atoms with van der Waals surface area (Å²) in [6.45, 7) is 2.99. The first-order chi connectivity index (χ1) is 9.19. The number of benzene rings is 1. The molecular weight excluding hydrogens is 288 g/mol. The summed E-state index contributed by atoms with van der Waals surface area (Å²) >= 11 is 0. The fraction of sp³-hybridized carbons (Fsp3) is 0.364. The average Bonchev–Trinajstić information content (AvgIpc) is 2.35. The van der Waals surface area contributed by atoms with Crippen LogP contribution in [-0.2, 0) is 14.8 Å². The van der Waals surface area contributed by atoms with Crippen LogP contribution in [0.15, 0.2) is 23.1 Å². The van der Waals surface area contributed by atoms with Gasteiger partial charge in [0.25, 0.3) is 5.69 Å². The van der Waals surface area contributed by atoms with Gasteiger partial charge in [-0.2, -0.15) is 4.72 Å². The van der Waals surface area contributed by atoms with Gasteiger partial charge in [0.1, 0.15) is 6.04 Å². The highest BCUT2D eigenvalue weighted by atomic mass is 32.2. The van der Waals surface area contributed by atoms with Crippen LogP contribution in [0.3, 0.4) is 0 Å². The molecule has 0 aliphatic rings. The molecule has 1 aromatic rings. The number of hydrogen-bond donors (Lipinski definition) is 2. The summed E-state index contributed by atoms with van der Waals surface area (Å²) in [4.78, 5) is 20.6. The van der Waals surface area contributed by atoms with E-state index in [4.69, 9.17) is 5.11 Å². The largest absolute Gasteiger partial charge is 0.480 e. The summed E-state index contributed by atoms with van der Waals surface area (Å²) < 4.78 is 26.0. The first-order valence-electron chi connectivity index (χ1n) is 5.69. The van der Waals surface area contributed by atoms with Crippen molar-refractivity contribution >= 4 is 21.7 Å². The van der Waals surface area contributed by atoms with Crippen LogP contribution in [0.1, 0.15) is 18.9 Å². The number of nitro benzene ring substituents is 1. The Kier molecular flexibility index (Phi) is 4.79. The third kappa shape index (κ3) is 3.52. The van der Waals surface area contributed by atoms with Crippen LogP contribution in [-0.4, -0.2) is 30.5 Å². The third-order valence-corrected chi connectivity index (χ3v) is 4.16. The molecule has 0 saturated carbocycles. The van der Waals surface area contributed by atoms with E-state index < -0.39 is 27.0 Å². The van der Waals surface area contributed by atoms with Crippen LogP contribution in [0.2, 0.25) is 0 Å². The second-order valence-corrected chi connectivity index (χ2v) is 5.84. The molecule has 2 N–H and O–H groups in total. The average molecular weight is 302 g/mol. The van der Waals surface area contributed by atoms with Gasteiger partial charge in [-0.1, -0.05) is 13.0 Å². The smallest absolute Gasteiger partial charge is 0.321 e. The Hall–Kier alpha value is -2.00. The molecule has 0 heterocycles. The highest BCUT2D eigenvalue weighted by Crippen LogP contribution is 2.22. The molecule has 0 fully saturated rings.